The summed E-state index contributed by atoms with van der Waals surface area (Å²) in [6, 6.07) is 12.2. The monoisotopic (exact) mass is 585 g/mol. The fourth-order valence-electron chi connectivity index (χ4n) is 5.86. The van der Waals surface area contributed by atoms with Gasteiger partial charge in [-0.1, -0.05) is 18.2 Å². The molecule has 42 heavy (non-hydrogen) atoms. The molecule has 0 spiro atoms. The summed E-state index contributed by atoms with van der Waals surface area (Å²) in [7, 11) is 0. The number of pyridine rings is 1. The Hall–Kier alpha value is -3.44. The topological polar surface area (TPSA) is 92.5 Å². The highest BCUT2D eigenvalue weighted by Gasteiger charge is 2.34. The van der Waals surface area contributed by atoms with Crippen molar-refractivity contribution in [2.45, 2.75) is 70.1 Å². The largest absolute Gasteiger partial charge is 0.481 e. The molecular weight excluding hydrogens is 547 g/mol. The van der Waals surface area contributed by atoms with E-state index in [1.54, 1.807) is 31.2 Å². The van der Waals surface area contributed by atoms with E-state index in [-0.39, 0.29) is 19.1 Å². The first kappa shape index (κ1) is 30.0. The molecule has 11 heteroatoms. The van der Waals surface area contributed by atoms with Crippen LogP contribution in [0.4, 0.5) is 19.0 Å². The van der Waals surface area contributed by atoms with Crippen LogP contribution in [-0.2, 0) is 28.5 Å². The normalized spacial score (nSPS) is 18.3. The molecule has 226 valence electrons. The summed E-state index contributed by atoms with van der Waals surface area (Å²) in [4.78, 5) is 18.9. The van der Waals surface area contributed by atoms with Gasteiger partial charge in [0.15, 0.2) is 5.69 Å². The van der Waals surface area contributed by atoms with E-state index in [2.05, 4.69) is 27.4 Å². The maximum atomic E-state index is 13.2. The zero-order valence-electron chi connectivity index (χ0n) is 23.9. The van der Waals surface area contributed by atoms with Crippen LogP contribution in [0.3, 0.4) is 0 Å². The van der Waals surface area contributed by atoms with Gasteiger partial charge in [-0.05, 0) is 93.9 Å². The Morgan fingerprint density at radius 2 is 2.07 bits per heavy atom. The summed E-state index contributed by atoms with van der Waals surface area (Å²) in [6.45, 7) is 5.48. The van der Waals surface area contributed by atoms with Crippen molar-refractivity contribution in [3.8, 4) is 5.69 Å². The number of anilines is 1. The lowest BCUT2D eigenvalue weighted by Crippen LogP contribution is -2.40. The number of nitrogens with one attached hydrogen (secondary N) is 1. The van der Waals surface area contributed by atoms with Crippen LogP contribution < -0.4 is 5.32 Å². The molecule has 2 aliphatic heterocycles. The van der Waals surface area contributed by atoms with Crippen molar-refractivity contribution < 1.29 is 27.8 Å². The van der Waals surface area contributed by atoms with Crippen LogP contribution in [0.1, 0.15) is 66.2 Å². The molecule has 1 fully saturated rings. The average molecular weight is 586 g/mol. The van der Waals surface area contributed by atoms with Crippen LogP contribution in [0.2, 0.25) is 0 Å². The lowest BCUT2D eigenvalue weighted by Gasteiger charge is -2.33. The number of likely N-dealkylation sites (tertiary alicyclic amines) is 1. The van der Waals surface area contributed by atoms with Crippen LogP contribution in [-0.4, -0.2) is 69.6 Å². The molecule has 1 saturated heterocycles. The third-order valence-electron chi connectivity index (χ3n) is 8.04. The molecule has 5 rings (SSSR count). The van der Waals surface area contributed by atoms with Crippen molar-refractivity contribution in [1.82, 2.24) is 19.7 Å². The lowest BCUT2D eigenvalue weighted by molar-refractivity contribution is -0.141. The highest BCUT2D eigenvalue weighted by molar-refractivity contribution is 5.68. The number of hydrogen-bond acceptors (Lipinski definition) is 6. The summed E-state index contributed by atoms with van der Waals surface area (Å²) in [5.41, 5.74) is 2.91. The number of fused-ring (bicyclic) bond motifs is 1. The molecule has 8 nitrogen and oxygen atoms in total. The van der Waals surface area contributed by atoms with E-state index in [1.807, 2.05) is 0 Å². The summed E-state index contributed by atoms with van der Waals surface area (Å²) >= 11 is 0. The van der Waals surface area contributed by atoms with Crippen molar-refractivity contribution in [1.29, 1.82) is 0 Å². The van der Waals surface area contributed by atoms with Gasteiger partial charge in [0.05, 0.1) is 24.8 Å². The molecule has 2 N–H and O–H groups in total. The van der Waals surface area contributed by atoms with Gasteiger partial charge in [0.25, 0.3) is 0 Å². The van der Waals surface area contributed by atoms with Crippen LogP contribution in [0, 0.1) is 6.92 Å². The van der Waals surface area contributed by atoms with E-state index in [0.717, 1.165) is 82.3 Å². The quantitative estimate of drug-likeness (QED) is 0.302. The third kappa shape index (κ3) is 7.69. The standard InChI is InChI=1S/C31H38F3N5O3/c1-21-16-28(31(32,33)34)37-39(21)26-9-2-6-23(17-26)24(18-29(40)41)20-42-27-10-5-15-38(19-27)14-4-8-25-12-11-22-7-3-13-35-30(22)36-25/h2,6,9,11-12,16-17,24,27H,3-5,7-8,10,13-15,18-20H2,1H3,(H,35,36)(H,40,41)/t24-,27+/m0/s1. The van der Waals surface area contributed by atoms with Gasteiger partial charge in [0.2, 0.25) is 0 Å². The summed E-state index contributed by atoms with van der Waals surface area (Å²) in [5, 5.41) is 16.7. The lowest BCUT2D eigenvalue weighted by atomic mass is 9.96. The number of aromatic nitrogens is 3. The molecule has 0 aliphatic carbocycles. The summed E-state index contributed by atoms with van der Waals surface area (Å²) < 4.78 is 47.1. The predicted molar refractivity (Wildman–Crippen MR) is 153 cm³/mol. The summed E-state index contributed by atoms with van der Waals surface area (Å²) in [5.74, 6) is -0.378. The molecule has 2 aromatic heterocycles. The first-order chi connectivity index (χ1) is 20.2. The summed E-state index contributed by atoms with van der Waals surface area (Å²) in [6.07, 6.45) is 1.34. The number of nitrogens with zero attached hydrogens (tertiary/aromatic N) is 4. The van der Waals surface area contributed by atoms with E-state index < -0.39 is 23.8 Å². The number of alkyl halides is 3. The number of ether oxygens (including phenoxy) is 1. The minimum Gasteiger partial charge on any atom is -0.481 e. The SMILES string of the molecule is Cc1cc(C(F)(F)F)nn1-c1cccc([C@H](CO[C@@H]2CCCN(CCCc3ccc4c(n3)NCCC4)C2)CC(=O)O)c1. The number of benzene rings is 1. The Bertz CT molecular complexity index is 1380. The van der Waals surface area contributed by atoms with Crippen LogP contribution in [0.25, 0.3) is 5.69 Å². The molecule has 1 aromatic carbocycles. The Balaban J connectivity index is 1.17. The highest BCUT2D eigenvalue weighted by atomic mass is 19.4. The number of carboxylic acid groups (broad SMARTS) is 1. The second-order valence-corrected chi connectivity index (χ2v) is 11.3. The first-order valence-corrected chi connectivity index (χ1v) is 14.7. The molecule has 4 heterocycles. The van der Waals surface area contributed by atoms with Gasteiger partial charge in [-0.2, -0.15) is 18.3 Å². The van der Waals surface area contributed by atoms with Gasteiger partial charge in [-0.3, -0.25) is 4.79 Å². The van der Waals surface area contributed by atoms with E-state index in [0.29, 0.717) is 16.9 Å². The van der Waals surface area contributed by atoms with Crippen molar-refractivity contribution in [2.24, 2.45) is 0 Å². The van der Waals surface area contributed by atoms with Gasteiger partial charge in [0, 0.05) is 30.4 Å². The second-order valence-electron chi connectivity index (χ2n) is 11.3. The number of piperidine rings is 1. The molecule has 0 saturated carbocycles. The zero-order chi connectivity index (χ0) is 29.7. The smallest absolute Gasteiger partial charge is 0.435 e. The van der Waals surface area contributed by atoms with Crippen molar-refractivity contribution >= 4 is 11.8 Å². The number of halogens is 3. The molecule has 0 amide bonds. The molecule has 0 radical (unpaired) electrons. The Kier molecular flexibility index (Phi) is 9.47. The number of aryl methyl sites for hydroxylation is 3. The predicted octanol–water partition coefficient (Wildman–Crippen LogP) is 5.62. The number of carbonyl (C=O) groups is 1. The van der Waals surface area contributed by atoms with Crippen LogP contribution in [0.15, 0.2) is 42.5 Å². The molecule has 2 aliphatic rings. The maximum absolute atomic E-state index is 13.2. The van der Waals surface area contributed by atoms with E-state index >= 15 is 0 Å². The van der Waals surface area contributed by atoms with E-state index in [1.165, 1.54) is 10.2 Å². The first-order valence-electron chi connectivity index (χ1n) is 14.7. The van der Waals surface area contributed by atoms with Crippen LogP contribution >= 0.6 is 0 Å². The number of rotatable bonds is 11. The maximum Gasteiger partial charge on any atom is 0.435 e. The second kappa shape index (κ2) is 13.2. The van der Waals surface area contributed by atoms with Gasteiger partial charge < -0.3 is 20.1 Å². The minimum absolute atomic E-state index is 0.00741. The Morgan fingerprint density at radius 1 is 1.21 bits per heavy atom. The van der Waals surface area contributed by atoms with Crippen molar-refractivity contribution in [3.05, 3.63) is 70.7 Å². The zero-order valence-corrected chi connectivity index (χ0v) is 23.9. The highest BCUT2D eigenvalue weighted by Crippen LogP contribution is 2.30. The third-order valence-corrected chi connectivity index (χ3v) is 8.04. The Morgan fingerprint density at radius 3 is 2.86 bits per heavy atom. The van der Waals surface area contributed by atoms with E-state index in [9.17, 15) is 23.1 Å². The number of aliphatic carboxylic acids is 1. The molecule has 0 unspecified atom stereocenters. The van der Waals surface area contributed by atoms with Crippen molar-refractivity contribution in [3.63, 3.8) is 0 Å². The van der Waals surface area contributed by atoms with Gasteiger partial charge in [-0.15, -0.1) is 0 Å². The van der Waals surface area contributed by atoms with Crippen molar-refractivity contribution in [2.75, 3.05) is 38.1 Å². The van der Waals surface area contributed by atoms with Gasteiger partial charge >= 0.3 is 12.1 Å². The number of carboxylic acids is 1. The molecule has 3 aromatic rings. The van der Waals surface area contributed by atoms with Gasteiger partial charge in [0.1, 0.15) is 5.82 Å². The number of hydrogen-bond donors (Lipinski definition) is 2. The van der Waals surface area contributed by atoms with Crippen LogP contribution in [0.5, 0.6) is 0 Å². The fraction of sp³-hybridized carbons (Fsp3) is 0.516. The Labute approximate surface area is 243 Å². The average Bonchev–Trinajstić information content (AvgIpc) is 3.37. The molecule has 2 atom stereocenters. The minimum atomic E-state index is -4.55. The molecule has 0 bridgehead atoms. The van der Waals surface area contributed by atoms with Gasteiger partial charge in [-0.25, -0.2) is 9.67 Å². The fourth-order valence-corrected chi connectivity index (χ4v) is 5.86. The molecular formula is C31H38F3N5O3. The van der Waals surface area contributed by atoms with E-state index in [4.69, 9.17) is 9.72 Å².